The van der Waals surface area contributed by atoms with Gasteiger partial charge >= 0.3 is 5.97 Å². The zero-order chi connectivity index (χ0) is 14.3. The van der Waals surface area contributed by atoms with Gasteiger partial charge < -0.3 is 20.4 Å². The molecule has 0 saturated heterocycles. The summed E-state index contributed by atoms with van der Waals surface area (Å²) in [6.07, 6.45) is 0.0968. The Kier molecular flexibility index (Phi) is 5.65. The van der Waals surface area contributed by atoms with E-state index in [1.54, 1.807) is 29.2 Å². The van der Waals surface area contributed by atoms with Crippen LogP contribution in [0.1, 0.15) is 6.42 Å². The van der Waals surface area contributed by atoms with Crippen molar-refractivity contribution in [2.24, 2.45) is 5.90 Å². The molecule has 0 heterocycles. The van der Waals surface area contributed by atoms with E-state index >= 15 is 0 Å². The van der Waals surface area contributed by atoms with Gasteiger partial charge in [0.15, 0.2) is 5.76 Å². The van der Waals surface area contributed by atoms with Gasteiger partial charge in [0.2, 0.25) is 0 Å². The van der Waals surface area contributed by atoms with Crippen LogP contribution in [0.4, 0.5) is 11.4 Å². The predicted molar refractivity (Wildman–Crippen MR) is 70.8 cm³/mol. The monoisotopic (exact) mass is 267 g/mol. The lowest BCUT2D eigenvalue weighted by molar-refractivity contribution is -0.203. The van der Waals surface area contributed by atoms with Crippen molar-refractivity contribution in [1.82, 2.24) is 0 Å². The summed E-state index contributed by atoms with van der Waals surface area (Å²) < 4.78 is 0. The Labute approximate surface area is 110 Å². The summed E-state index contributed by atoms with van der Waals surface area (Å²) >= 11 is 0. The molecule has 7 nitrogen and oxygen atoms in total. The van der Waals surface area contributed by atoms with E-state index in [9.17, 15) is 4.79 Å². The molecule has 7 heteroatoms. The van der Waals surface area contributed by atoms with E-state index in [-0.39, 0.29) is 18.7 Å². The van der Waals surface area contributed by atoms with Crippen LogP contribution < -0.4 is 16.5 Å². The summed E-state index contributed by atoms with van der Waals surface area (Å²) in [6, 6.07) is 7.03. The molecular formula is C12H17N3O4. The minimum Gasteiger partial charge on any atom is -0.399 e. The molecule has 1 aromatic rings. The lowest BCUT2D eigenvalue weighted by Crippen LogP contribution is -2.29. The molecule has 1 rings (SSSR count). The molecule has 19 heavy (non-hydrogen) atoms. The lowest BCUT2D eigenvalue weighted by atomic mass is 10.2. The van der Waals surface area contributed by atoms with Gasteiger partial charge in [0.25, 0.3) is 0 Å². The predicted octanol–water partition coefficient (Wildman–Crippen LogP) is 0.885. The summed E-state index contributed by atoms with van der Waals surface area (Å²) in [5.74, 6) is 4.40. The molecule has 0 fully saturated rings. The average molecular weight is 267 g/mol. The largest absolute Gasteiger partial charge is 0.399 e. The average Bonchev–Trinajstić information content (AvgIpc) is 2.43. The number of hydrogen-bond donors (Lipinski definition) is 3. The highest BCUT2D eigenvalue weighted by molar-refractivity contribution is 5.70. The van der Waals surface area contributed by atoms with Gasteiger partial charge in [-0.15, -0.1) is 0 Å². The van der Waals surface area contributed by atoms with Crippen molar-refractivity contribution in [1.29, 1.82) is 0 Å². The number of carbonyl (C=O) groups excluding carboxylic acids is 1. The van der Waals surface area contributed by atoms with E-state index in [2.05, 4.69) is 16.3 Å². The van der Waals surface area contributed by atoms with Crippen LogP contribution in [0.2, 0.25) is 0 Å². The summed E-state index contributed by atoms with van der Waals surface area (Å²) in [4.78, 5) is 21.0. The summed E-state index contributed by atoms with van der Waals surface area (Å²) in [7, 11) is 0. The molecule has 0 amide bonds. The van der Waals surface area contributed by atoms with Crippen LogP contribution in [0.3, 0.4) is 0 Å². The van der Waals surface area contributed by atoms with Crippen LogP contribution in [0, 0.1) is 0 Å². The van der Waals surface area contributed by atoms with Crippen LogP contribution in [0.5, 0.6) is 0 Å². The third-order valence-corrected chi connectivity index (χ3v) is 2.47. The summed E-state index contributed by atoms with van der Waals surface area (Å²) in [5, 5.41) is 8.54. The fraction of sp³-hybridized carbons (Fsp3) is 0.250. The van der Waals surface area contributed by atoms with Crippen molar-refractivity contribution in [3.05, 3.63) is 36.6 Å². The van der Waals surface area contributed by atoms with Gasteiger partial charge in [-0.05, 0) is 24.3 Å². The second-order valence-electron chi connectivity index (χ2n) is 3.88. The Morgan fingerprint density at radius 3 is 2.53 bits per heavy atom. The standard InChI is InChI=1S/C12H17N3O4/c1-9(19-17)8-15(7-6-12(16)18-14)11-4-2-10(13)3-5-11/h2-5,17H,1,6-8,13-14H2. The molecule has 1 aromatic carbocycles. The van der Waals surface area contributed by atoms with Crippen LogP contribution in [0.15, 0.2) is 36.6 Å². The fourth-order valence-corrected chi connectivity index (χ4v) is 1.51. The maximum absolute atomic E-state index is 11.1. The zero-order valence-electron chi connectivity index (χ0n) is 10.4. The maximum atomic E-state index is 11.1. The first-order chi connectivity index (χ1) is 9.06. The first kappa shape index (κ1) is 14.8. The number of anilines is 2. The maximum Gasteiger partial charge on any atom is 0.326 e. The molecule has 0 bridgehead atoms. The highest BCUT2D eigenvalue weighted by atomic mass is 17.1. The van der Waals surface area contributed by atoms with Crippen molar-refractivity contribution in [3.8, 4) is 0 Å². The second-order valence-corrected chi connectivity index (χ2v) is 3.88. The quantitative estimate of drug-likeness (QED) is 0.291. The van der Waals surface area contributed by atoms with Crippen LogP contribution >= 0.6 is 0 Å². The van der Waals surface area contributed by atoms with Gasteiger partial charge in [-0.3, -0.25) is 4.79 Å². The smallest absolute Gasteiger partial charge is 0.326 e. The van der Waals surface area contributed by atoms with Gasteiger partial charge in [-0.25, -0.2) is 5.26 Å². The number of nitrogen functional groups attached to an aromatic ring is 1. The molecule has 0 aliphatic carbocycles. The number of nitrogens with two attached hydrogens (primary N) is 2. The first-order valence-electron chi connectivity index (χ1n) is 5.56. The molecule has 0 spiro atoms. The topological polar surface area (TPSA) is 111 Å². The van der Waals surface area contributed by atoms with E-state index in [1.165, 1.54) is 0 Å². The minimum absolute atomic E-state index is 0.0968. The minimum atomic E-state index is -0.532. The number of hydrogen-bond acceptors (Lipinski definition) is 7. The Hall–Kier alpha value is -2.25. The molecule has 0 saturated carbocycles. The van der Waals surface area contributed by atoms with E-state index < -0.39 is 5.97 Å². The second kappa shape index (κ2) is 7.24. The van der Waals surface area contributed by atoms with Gasteiger partial charge in [-0.2, -0.15) is 5.90 Å². The third-order valence-electron chi connectivity index (χ3n) is 2.47. The van der Waals surface area contributed by atoms with E-state index in [0.717, 1.165) is 5.69 Å². The van der Waals surface area contributed by atoms with E-state index in [0.29, 0.717) is 12.2 Å². The van der Waals surface area contributed by atoms with Crippen LogP contribution in [0.25, 0.3) is 0 Å². The number of nitrogens with zero attached hydrogens (tertiary/aromatic N) is 1. The first-order valence-corrected chi connectivity index (χ1v) is 5.56. The Morgan fingerprint density at radius 1 is 1.37 bits per heavy atom. The Morgan fingerprint density at radius 2 is 2.00 bits per heavy atom. The highest BCUT2D eigenvalue weighted by Crippen LogP contribution is 2.18. The summed E-state index contributed by atoms with van der Waals surface area (Å²) in [5.41, 5.74) is 7.04. The highest BCUT2D eigenvalue weighted by Gasteiger charge is 2.12. The normalized spacial score (nSPS) is 9.79. The Bertz CT molecular complexity index is 433. The molecule has 0 aliphatic heterocycles. The van der Waals surface area contributed by atoms with Crippen LogP contribution in [-0.4, -0.2) is 24.3 Å². The fourth-order valence-electron chi connectivity index (χ4n) is 1.51. The van der Waals surface area contributed by atoms with Crippen LogP contribution in [-0.2, 0) is 14.5 Å². The zero-order valence-corrected chi connectivity index (χ0v) is 10.4. The molecule has 0 radical (unpaired) electrons. The Balaban J connectivity index is 2.76. The molecule has 5 N–H and O–H groups in total. The molecule has 0 aromatic heterocycles. The lowest BCUT2D eigenvalue weighted by Gasteiger charge is -2.24. The molecule has 0 unspecified atom stereocenters. The van der Waals surface area contributed by atoms with Crippen molar-refractivity contribution >= 4 is 17.3 Å². The molecule has 0 aliphatic rings. The molecular weight excluding hydrogens is 250 g/mol. The molecule has 0 atom stereocenters. The SMILES string of the molecule is C=C(CN(CCC(=O)ON)c1ccc(N)cc1)OO. The number of benzene rings is 1. The van der Waals surface area contributed by atoms with Gasteiger partial charge in [0.05, 0.1) is 13.0 Å². The van der Waals surface area contributed by atoms with Crippen molar-refractivity contribution < 1.29 is 19.8 Å². The van der Waals surface area contributed by atoms with E-state index in [1.807, 2.05) is 0 Å². The third kappa shape index (κ3) is 4.86. The van der Waals surface area contributed by atoms with E-state index in [4.69, 9.17) is 16.9 Å². The summed E-state index contributed by atoms with van der Waals surface area (Å²) in [6.45, 7) is 4.08. The van der Waals surface area contributed by atoms with Gasteiger partial charge in [0.1, 0.15) is 0 Å². The molecule has 104 valence electrons. The number of rotatable bonds is 7. The van der Waals surface area contributed by atoms with Gasteiger partial charge in [-0.1, -0.05) is 6.58 Å². The van der Waals surface area contributed by atoms with Crippen molar-refractivity contribution in [2.75, 3.05) is 23.7 Å². The van der Waals surface area contributed by atoms with Crippen molar-refractivity contribution in [2.45, 2.75) is 6.42 Å². The van der Waals surface area contributed by atoms with Gasteiger partial charge in [0, 0.05) is 17.9 Å². The van der Waals surface area contributed by atoms with Crippen molar-refractivity contribution in [3.63, 3.8) is 0 Å². The number of carbonyl (C=O) groups is 1.